The SMILES string of the molecule is CCNC(=NCCC(OCC)C(C)C)N1CCC(c2ncn[nH]2)CC1. The van der Waals surface area contributed by atoms with Crippen LogP contribution < -0.4 is 5.32 Å². The third kappa shape index (κ3) is 5.99. The fourth-order valence-electron chi connectivity index (χ4n) is 3.32. The number of likely N-dealkylation sites (tertiary alicyclic amines) is 1. The van der Waals surface area contributed by atoms with E-state index in [1.165, 1.54) is 0 Å². The van der Waals surface area contributed by atoms with Gasteiger partial charge in [-0.2, -0.15) is 5.10 Å². The van der Waals surface area contributed by atoms with Crippen molar-refractivity contribution in [3.63, 3.8) is 0 Å². The zero-order valence-electron chi connectivity index (χ0n) is 16.2. The standard InChI is InChI=1S/C18H34N6O/c1-5-19-18(20-10-7-16(14(3)4)25-6-2)24-11-8-15(9-12-24)17-21-13-22-23-17/h13-16H,5-12H2,1-4H3,(H,19,20)(H,21,22,23). The molecule has 7 heteroatoms. The molecule has 1 aromatic heterocycles. The van der Waals surface area contributed by atoms with Crippen molar-refractivity contribution in [2.24, 2.45) is 10.9 Å². The lowest BCUT2D eigenvalue weighted by atomic mass is 9.96. The smallest absolute Gasteiger partial charge is 0.193 e. The maximum atomic E-state index is 5.83. The molecule has 0 aliphatic carbocycles. The average Bonchev–Trinajstić information content (AvgIpc) is 3.15. The van der Waals surface area contributed by atoms with Gasteiger partial charge in [0, 0.05) is 38.7 Å². The number of H-pyrrole nitrogens is 1. The minimum absolute atomic E-state index is 0.286. The number of ether oxygens (including phenoxy) is 1. The van der Waals surface area contributed by atoms with Crippen LogP contribution >= 0.6 is 0 Å². The maximum absolute atomic E-state index is 5.83. The highest BCUT2D eigenvalue weighted by Crippen LogP contribution is 2.25. The number of piperidine rings is 1. The van der Waals surface area contributed by atoms with Gasteiger partial charge in [-0.15, -0.1) is 0 Å². The highest BCUT2D eigenvalue weighted by molar-refractivity contribution is 5.80. The molecule has 2 rings (SSSR count). The van der Waals surface area contributed by atoms with Crippen molar-refractivity contribution >= 4 is 5.96 Å². The lowest BCUT2D eigenvalue weighted by Gasteiger charge is -2.33. The molecule has 1 unspecified atom stereocenters. The molecule has 1 atom stereocenters. The van der Waals surface area contributed by atoms with Crippen LogP contribution in [-0.4, -0.2) is 64.9 Å². The monoisotopic (exact) mass is 350 g/mol. The van der Waals surface area contributed by atoms with E-state index in [1.54, 1.807) is 6.33 Å². The van der Waals surface area contributed by atoms with Gasteiger partial charge in [0.1, 0.15) is 12.2 Å². The van der Waals surface area contributed by atoms with E-state index in [0.717, 1.165) is 63.8 Å². The summed E-state index contributed by atoms with van der Waals surface area (Å²) in [4.78, 5) is 11.5. The van der Waals surface area contributed by atoms with Gasteiger partial charge in [0.25, 0.3) is 0 Å². The number of guanidine groups is 1. The Labute approximate surface area is 151 Å². The van der Waals surface area contributed by atoms with Crippen LogP contribution in [0.25, 0.3) is 0 Å². The quantitative estimate of drug-likeness (QED) is 0.556. The van der Waals surface area contributed by atoms with Gasteiger partial charge < -0.3 is 15.0 Å². The third-order valence-corrected chi connectivity index (χ3v) is 4.75. The van der Waals surface area contributed by atoms with Crippen LogP contribution in [0.5, 0.6) is 0 Å². The molecule has 2 heterocycles. The summed E-state index contributed by atoms with van der Waals surface area (Å²) in [5.74, 6) is 3.04. The molecular weight excluding hydrogens is 316 g/mol. The highest BCUT2D eigenvalue weighted by Gasteiger charge is 2.24. The average molecular weight is 351 g/mol. The zero-order valence-corrected chi connectivity index (χ0v) is 16.2. The van der Waals surface area contributed by atoms with Gasteiger partial charge in [0.2, 0.25) is 0 Å². The van der Waals surface area contributed by atoms with Crippen molar-refractivity contribution in [3.05, 3.63) is 12.2 Å². The van der Waals surface area contributed by atoms with E-state index in [0.29, 0.717) is 11.8 Å². The van der Waals surface area contributed by atoms with Crippen molar-refractivity contribution in [3.8, 4) is 0 Å². The first kappa shape index (κ1) is 19.7. The lowest BCUT2D eigenvalue weighted by molar-refractivity contribution is 0.0266. The van der Waals surface area contributed by atoms with E-state index < -0.39 is 0 Å². The van der Waals surface area contributed by atoms with Gasteiger partial charge in [0.05, 0.1) is 6.10 Å². The van der Waals surface area contributed by atoms with Gasteiger partial charge in [0.15, 0.2) is 5.96 Å². The molecule has 0 spiro atoms. The summed E-state index contributed by atoms with van der Waals surface area (Å²) in [5, 5.41) is 10.4. The van der Waals surface area contributed by atoms with Crippen molar-refractivity contribution in [2.75, 3.05) is 32.8 Å². The van der Waals surface area contributed by atoms with Crippen LogP contribution in [-0.2, 0) is 4.74 Å². The second kappa shape index (κ2) is 10.4. The van der Waals surface area contributed by atoms with Crippen LogP contribution in [0.3, 0.4) is 0 Å². The number of nitrogens with zero attached hydrogens (tertiary/aromatic N) is 4. The summed E-state index contributed by atoms with van der Waals surface area (Å²) in [5.41, 5.74) is 0. The van der Waals surface area contributed by atoms with Crippen LogP contribution in [0.1, 0.15) is 58.7 Å². The number of nitrogens with one attached hydrogen (secondary N) is 2. The van der Waals surface area contributed by atoms with Crippen LogP contribution in [0.15, 0.2) is 11.3 Å². The molecule has 0 aromatic carbocycles. The van der Waals surface area contributed by atoms with E-state index >= 15 is 0 Å². The first-order chi connectivity index (χ1) is 12.2. The Morgan fingerprint density at radius 1 is 1.40 bits per heavy atom. The number of rotatable bonds is 8. The predicted octanol–water partition coefficient (Wildman–Crippen LogP) is 2.40. The molecule has 1 fully saturated rings. The summed E-state index contributed by atoms with van der Waals surface area (Å²) >= 11 is 0. The van der Waals surface area contributed by atoms with Crippen molar-refractivity contribution < 1.29 is 4.74 Å². The fourth-order valence-corrected chi connectivity index (χ4v) is 3.32. The van der Waals surface area contributed by atoms with Crippen LogP contribution in [0, 0.1) is 5.92 Å². The van der Waals surface area contributed by atoms with E-state index in [9.17, 15) is 0 Å². The van der Waals surface area contributed by atoms with Crippen LogP contribution in [0.4, 0.5) is 0 Å². The van der Waals surface area contributed by atoms with Gasteiger partial charge in [-0.25, -0.2) is 4.98 Å². The number of aromatic amines is 1. The Kier molecular flexibility index (Phi) is 8.18. The Morgan fingerprint density at radius 3 is 2.72 bits per heavy atom. The molecule has 0 radical (unpaired) electrons. The fraction of sp³-hybridized carbons (Fsp3) is 0.833. The number of hydrogen-bond acceptors (Lipinski definition) is 4. The molecule has 0 bridgehead atoms. The Balaban J connectivity index is 1.87. The highest BCUT2D eigenvalue weighted by atomic mass is 16.5. The van der Waals surface area contributed by atoms with E-state index in [2.05, 4.69) is 53.1 Å². The van der Waals surface area contributed by atoms with Gasteiger partial charge in [-0.1, -0.05) is 13.8 Å². The van der Waals surface area contributed by atoms with Gasteiger partial charge in [-0.3, -0.25) is 10.1 Å². The number of aromatic nitrogens is 3. The topological polar surface area (TPSA) is 78.4 Å². The second-order valence-corrected chi connectivity index (χ2v) is 6.89. The largest absolute Gasteiger partial charge is 0.378 e. The first-order valence-electron chi connectivity index (χ1n) is 9.65. The summed E-state index contributed by atoms with van der Waals surface area (Å²) in [6, 6.07) is 0. The molecule has 0 amide bonds. The van der Waals surface area contributed by atoms with Crippen molar-refractivity contribution in [2.45, 2.75) is 59.0 Å². The molecule has 1 aliphatic rings. The summed E-state index contributed by atoms with van der Waals surface area (Å²) < 4.78 is 5.83. The van der Waals surface area contributed by atoms with Crippen molar-refractivity contribution in [1.29, 1.82) is 0 Å². The van der Waals surface area contributed by atoms with E-state index in [-0.39, 0.29) is 6.10 Å². The minimum Gasteiger partial charge on any atom is -0.378 e. The normalized spacial score (nSPS) is 18.0. The molecule has 1 aromatic rings. The number of hydrogen-bond donors (Lipinski definition) is 2. The summed E-state index contributed by atoms with van der Waals surface area (Å²) in [6.07, 6.45) is 5.00. The molecule has 7 nitrogen and oxygen atoms in total. The molecule has 2 N–H and O–H groups in total. The third-order valence-electron chi connectivity index (χ3n) is 4.75. The predicted molar refractivity (Wildman–Crippen MR) is 101 cm³/mol. The minimum atomic E-state index is 0.286. The van der Waals surface area contributed by atoms with Gasteiger partial charge >= 0.3 is 0 Å². The summed E-state index contributed by atoms with van der Waals surface area (Å²) in [6.45, 7) is 13.0. The maximum Gasteiger partial charge on any atom is 0.193 e. The lowest BCUT2D eigenvalue weighted by Crippen LogP contribution is -2.45. The Morgan fingerprint density at radius 2 is 2.16 bits per heavy atom. The molecule has 1 aliphatic heterocycles. The Hall–Kier alpha value is -1.63. The first-order valence-corrected chi connectivity index (χ1v) is 9.65. The van der Waals surface area contributed by atoms with Gasteiger partial charge in [-0.05, 0) is 39.0 Å². The summed E-state index contributed by atoms with van der Waals surface area (Å²) in [7, 11) is 0. The van der Waals surface area contributed by atoms with Crippen molar-refractivity contribution in [1.82, 2.24) is 25.4 Å². The molecule has 1 saturated heterocycles. The number of aliphatic imine (C=N–C) groups is 1. The Bertz CT molecular complexity index is 494. The van der Waals surface area contributed by atoms with E-state index in [4.69, 9.17) is 9.73 Å². The van der Waals surface area contributed by atoms with E-state index in [1.807, 2.05) is 0 Å². The molecule has 142 valence electrons. The second-order valence-electron chi connectivity index (χ2n) is 6.89. The molecule has 25 heavy (non-hydrogen) atoms. The van der Waals surface area contributed by atoms with Crippen LogP contribution in [0.2, 0.25) is 0 Å². The molecule has 0 saturated carbocycles. The molecular formula is C18H34N6O. The zero-order chi connectivity index (χ0) is 18.1.